The van der Waals surface area contributed by atoms with Gasteiger partial charge in [-0.05, 0) is 37.1 Å². The van der Waals surface area contributed by atoms with Crippen molar-refractivity contribution in [2.75, 3.05) is 5.32 Å². The molecule has 1 atom stereocenters. The van der Waals surface area contributed by atoms with Crippen LogP contribution in [0.2, 0.25) is 0 Å². The summed E-state index contributed by atoms with van der Waals surface area (Å²) in [4.78, 5) is 28.3. The summed E-state index contributed by atoms with van der Waals surface area (Å²) >= 11 is 1.35. The van der Waals surface area contributed by atoms with Crippen molar-refractivity contribution >= 4 is 29.1 Å². The number of aromatic amines is 1. The number of carbonyl (C=O) groups is 2. The summed E-state index contributed by atoms with van der Waals surface area (Å²) in [6, 6.07) is 5.45. The first-order valence-electron chi connectivity index (χ1n) is 7.61. The number of nitrogens with one attached hydrogen (secondary N) is 2. The number of fused-ring (bicyclic) bond motifs is 1. The van der Waals surface area contributed by atoms with E-state index in [4.69, 9.17) is 0 Å². The molecule has 0 saturated heterocycles. The Hall–Kier alpha value is -2.15. The maximum absolute atomic E-state index is 12.6. The van der Waals surface area contributed by atoms with Crippen LogP contribution in [0, 0.1) is 0 Å². The molecule has 0 fully saturated rings. The van der Waals surface area contributed by atoms with Crippen LogP contribution in [-0.2, 0) is 17.6 Å². The Kier molecular flexibility index (Phi) is 4.47. The number of benzene rings is 1. The van der Waals surface area contributed by atoms with Gasteiger partial charge < -0.3 is 5.32 Å². The second-order valence-electron chi connectivity index (χ2n) is 5.46. The third kappa shape index (κ3) is 3.44. The third-order valence-corrected chi connectivity index (χ3v) is 4.74. The van der Waals surface area contributed by atoms with Crippen molar-refractivity contribution in [2.24, 2.45) is 0 Å². The summed E-state index contributed by atoms with van der Waals surface area (Å²) in [5.41, 5.74) is 2.48. The van der Waals surface area contributed by atoms with E-state index in [0.717, 1.165) is 23.5 Å². The summed E-state index contributed by atoms with van der Waals surface area (Å²) in [6.07, 6.45) is 1.92. The van der Waals surface area contributed by atoms with Crippen molar-refractivity contribution < 1.29 is 9.59 Å². The van der Waals surface area contributed by atoms with Gasteiger partial charge >= 0.3 is 0 Å². The number of H-pyrrole nitrogens is 1. The molecule has 1 amide bonds. The highest BCUT2D eigenvalue weighted by molar-refractivity contribution is 8.00. The van der Waals surface area contributed by atoms with E-state index in [0.29, 0.717) is 23.6 Å². The standard InChI is InChI=1S/C16H18N4O2S/c1-3-13-18-16(20-19-13)23-9(2)15(22)11-4-6-12-10(8-11)5-7-14(21)17-12/h4,6,8-9H,3,5,7H2,1-2H3,(H,17,21)(H,18,19,20)/t9-/m0/s1. The number of rotatable bonds is 5. The highest BCUT2D eigenvalue weighted by Gasteiger charge is 2.21. The Balaban J connectivity index is 1.73. The van der Waals surface area contributed by atoms with Crippen LogP contribution in [0.4, 0.5) is 5.69 Å². The smallest absolute Gasteiger partial charge is 0.224 e. The predicted molar refractivity (Wildman–Crippen MR) is 88.8 cm³/mol. The van der Waals surface area contributed by atoms with Crippen LogP contribution in [0.25, 0.3) is 0 Å². The molecule has 0 bridgehead atoms. The lowest BCUT2D eigenvalue weighted by Crippen LogP contribution is -2.20. The van der Waals surface area contributed by atoms with Crippen LogP contribution < -0.4 is 5.32 Å². The topological polar surface area (TPSA) is 87.7 Å². The van der Waals surface area contributed by atoms with Crippen molar-refractivity contribution in [1.82, 2.24) is 15.2 Å². The van der Waals surface area contributed by atoms with Gasteiger partial charge in [0.25, 0.3) is 0 Å². The lowest BCUT2D eigenvalue weighted by atomic mass is 9.98. The van der Waals surface area contributed by atoms with E-state index in [1.54, 1.807) is 12.1 Å². The maximum Gasteiger partial charge on any atom is 0.224 e. The van der Waals surface area contributed by atoms with Gasteiger partial charge in [0.05, 0.1) is 5.25 Å². The molecule has 0 saturated carbocycles. The van der Waals surface area contributed by atoms with E-state index in [1.807, 2.05) is 19.9 Å². The van der Waals surface area contributed by atoms with Crippen molar-refractivity contribution in [3.8, 4) is 0 Å². The normalized spacial score (nSPS) is 15.0. The van der Waals surface area contributed by atoms with Crippen LogP contribution in [0.5, 0.6) is 0 Å². The second-order valence-corrected chi connectivity index (χ2v) is 6.77. The Morgan fingerprint density at radius 3 is 2.96 bits per heavy atom. The zero-order chi connectivity index (χ0) is 16.4. The summed E-state index contributed by atoms with van der Waals surface area (Å²) in [7, 11) is 0. The molecule has 0 spiro atoms. The van der Waals surface area contributed by atoms with Gasteiger partial charge in [-0.1, -0.05) is 18.7 Å². The molecular formula is C16H18N4O2S. The number of thioether (sulfide) groups is 1. The minimum absolute atomic E-state index is 0.0248. The van der Waals surface area contributed by atoms with Crippen LogP contribution in [0.3, 0.4) is 0 Å². The van der Waals surface area contributed by atoms with Crippen LogP contribution in [-0.4, -0.2) is 32.1 Å². The highest BCUT2D eigenvalue weighted by atomic mass is 32.2. The SMILES string of the molecule is CCc1nc(S[C@@H](C)C(=O)c2ccc3c(c2)CCC(=O)N3)n[nH]1. The number of Topliss-reactive ketones (excluding diaryl/α,β-unsaturated/α-hetero) is 1. The first-order valence-corrected chi connectivity index (χ1v) is 8.49. The van der Waals surface area contributed by atoms with E-state index in [2.05, 4.69) is 20.5 Å². The molecule has 2 aromatic rings. The molecule has 2 heterocycles. The molecule has 7 heteroatoms. The second kappa shape index (κ2) is 6.54. The number of hydrogen-bond acceptors (Lipinski definition) is 5. The average Bonchev–Trinajstić information content (AvgIpc) is 3.01. The molecule has 1 aromatic carbocycles. The molecule has 2 N–H and O–H groups in total. The van der Waals surface area contributed by atoms with Gasteiger partial charge in [0.2, 0.25) is 11.1 Å². The Bertz CT molecular complexity index is 756. The maximum atomic E-state index is 12.6. The molecule has 1 aliphatic rings. The number of aryl methyl sites for hydroxylation is 2. The molecule has 120 valence electrons. The monoisotopic (exact) mass is 330 g/mol. The number of nitrogens with zero attached hydrogens (tertiary/aromatic N) is 2. The van der Waals surface area contributed by atoms with E-state index in [9.17, 15) is 9.59 Å². The Labute approximate surface area is 138 Å². The molecule has 3 rings (SSSR count). The summed E-state index contributed by atoms with van der Waals surface area (Å²) < 4.78 is 0. The van der Waals surface area contributed by atoms with Crippen molar-refractivity contribution in [3.63, 3.8) is 0 Å². The molecule has 6 nitrogen and oxygen atoms in total. The number of amides is 1. The van der Waals surface area contributed by atoms with Crippen molar-refractivity contribution in [2.45, 2.75) is 43.5 Å². The average molecular weight is 330 g/mol. The minimum Gasteiger partial charge on any atom is -0.326 e. The molecule has 23 heavy (non-hydrogen) atoms. The molecule has 1 aliphatic heterocycles. The zero-order valence-electron chi connectivity index (χ0n) is 13.0. The van der Waals surface area contributed by atoms with E-state index < -0.39 is 0 Å². The quantitative estimate of drug-likeness (QED) is 0.650. The van der Waals surface area contributed by atoms with Gasteiger partial charge in [-0.3, -0.25) is 14.7 Å². The fraction of sp³-hybridized carbons (Fsp3) is 0.375. The minimum atomic E-state index is -0.272. The summed E-state index contributed by atoms with van der Waals surface area (Å²) in [6.45, 7) is 3.85. The summed E-state index contributed by atoms with van der Waals surface area (Å²) in [5, 5.41) is 10.1. The molecule has 1 aromatic heterocycles. The number of hydrogen-bond donors (Lipinski definition) is 2. The first-order chi connectivity index (χ1) is 11.1. The zero-order valence-corrected chi connectivity index (χ0v) is 13.9. The van der Waals surface area contributed by atoms with Crippen LogP contribution in [0.1, 0.15) is 42.0 Å². The van der Waals surface area contributed by atoms with Gasteiger partial charge in [0.15, 0.2) is 5.78 Å². The molecule has 0 aliphatic carbocycles. The Morgan fingerprint density at radius 1 is 1.39 bits per heavy atom. The van der Waals surface area contributed by atoms with Crippen molar-refractivity contribution in [1.29, 1.82) is 0 Å². The van der Waals surface area contributed by atoms with Gasteiger partial charge in [-0.25, -0.2) is 4.98 Å². The molecular weight excluding hydrogens is 312 g/mol. The van der Waals surface area contributed by atoms with Crippen molar-refractivity contribution in [3.05, 3.63) is 35.2 Å². The number of ketones is 1. The van der Waals surface area contributed by atoms with Gasteiger partial charge in [0.1, 0.15) is 5.82 Å². The lowest BCUT2D eigenvalue weighted by molar-refractivity contribution is -0.116. The summed E-state index contributed by atoms with van der Waals surface area (Å²) in [5.74, 6) is 0.881. The van der Waals surface area contributed by atoms with E-state index in [-0.39, 0.29) is 16.9 Å². The van der Waals surface area contributed by atoms with Gasteiger partial charge in [0, 0.05) is 24.1 Å². The predicted octanol–water partition coefficient (Wildman–Crippen LogP) is 2.62. The molecule has 0 radical (unpaired) electrons. The van der Waals surface area contributed by atoms with E-state index in [1.165, 1.54) is 11.8 Å². The van der Waals surface area contributed by atoms with Crippen LogP contribution in [0.15, 0.2) is 23.4 Å². The lowest BCUT2D eigenvalue weighted by Gasteiger charge is -2.18. The number of carbonyl (C=O) groups excluding carboxylic acids is 2. The van der Waals surface area contributed by atoms with E-state index >= 15 is 0 Å². The fourth-order valence-electron chi connectivity index (χ4n) is 2.47. The number of anilines is 1. The first kappa shape index (κ1) is 15.7. The fourth-order valence-corrected chi connectivity index (χ4v) is 3.29. The van der Waals surface area contributed by atoms with Gasteiger partial charge in [-0.2, -0.15) is 0 Å². The number of aromatic nitrogens is 3. The highest BCUT2D eigenvalue weighted by Crippen LogP contribution is 2.27. The Morgan fingerprint density at radius 2 is 2.22 bits per heavy atom. The molecule has 0 unspecified atom stereocenters. The van der Waals surface area contributed by atoms with Gasteiger partial charge in [-0.15, -0.1) is 5.10 Å². The van der Waals surface area contributed by atoms with Crippen LogP contribution >= 0.6 is 11.8 Å². The third-order valence-electron chi connectivity index (χ3n) is 3.78. The largest absolute Gasteiger partial charge is 0.326 e.